The first-order chi connectivity index (χ1) is 8.56. The molecule has 0 bridgehead atoms. The lowest BCUT2D eigenvalue weighted by atomic mass is 10.3. The van der Waals surface area contributed by atoms with Crippen molar-refractivity contribution in [2.45, 2.75) is 0 Å². The molecule has 0 saturated heterocycles. The number of amides is 1. The van der Waals surface area contributed by atoms with E-state index in [4.69, 9.17) is 11.6 Å². The van der Waals surface area contributed by atoms with Crippen molar-refractivity contribution >= 4 is 39.1 Å². The monoisotopic (exact) mass is 328 g/mol. The molecule has 3 nitrogen and oxygen atoms in total. The number of pyridine rings is 1. The van der Waals surface area contributed by atoms with E-state index >= 15 is 0 Å². The molecule has 1 aromatic carbocycles. The third-order valence-electron chi connectivity index (χ3n) is 2.14. The zero-order valence-corrected chi connectivity index (χ0v) is 11.3. The molecule has 0 spiro atoms. The smallest absolute Gasteiger partial charge is 0.274 e. The summed E-state index contributed by atoms with van der Waals surface area (Å²) in [6.07, 6.45) is 0.990. The average Bonchev–Trinajstić information content (AvgIpc) is 2.34. The van der Waals surface area contributed by atoms with Gasteiger partial charge in [0.1, 0.15) is 11.5 Å². The standard InChI is InChI=1S/C12H7BrClFN2O/c13-9-3-2-8(5-10(9)14)17-12(18)11-4-1-7(15)6-16-11/h1-6H,(H,17,18). The zero-order valence-electron chi connectivity index (χ0n) is 8.95. The normalized spacial score (nSPS) is 10.2. The number of benzene rings is 1. The SMILES string of the molecule is O=C(Nc1ccc(Br)c(Cl)c1)c1ccc(F)cn1. The Morgan fingerprint density at radius 3 is 2.72 bits per heavy atom. The number of aromatic nitrogens is 1. The van der Waals surface area contributed by atoms with E-state index in [1.807, 2.05) is 0 Å². The number of hydrogen-bond acceptors (Lipinski definition) is 2. The van der Waals surface area contributed by atoms with E-state index in [0.717, 1.165) is 10.7 Å². The van der Waals surface area contributed by atoms with Gasteiger partial charge in [0.15, 0.2) is 0 Å². The molecule has 0 fully saturated rings. The van der Waals surface area contributed by atoms with Crippen LogP contribution in [0.5, 0.6) is 0 Å². The summed E-state index contributed by atoms with van der Waals surface area (Å²) in [5.74, 6) is -0.911. The van der Waals surface area contributed by atoms with Crippen molar-refractivity contribution in [3.63, 3.8) is 0 Å². The quantitative estimate of drug-likeness (QED) is 0.908. The van der Waals surface area contributed by atoms with Gasteiger partial charge in [-0.15, -0.1) is 0 Å². The number of hydrogen-bond donors (Lipinski definition) is 1. The van der Waals surface area contributed by atoms with E-state index in [2.05, 4.69) is 26.2 Å². The molecule has 0 saturated carbocycles. The second-order valence-corrected chi connectivity index (χ2v) is 4.71. The second kappa shape index (κ2) is 5.46. The zero-order chi connectivity index (χ0) is 13.1. The van der Waals surface area contributed by atoms with Crippen molar-refractivity contribution in [3.05, 3.63) is 57.5 Å². The van der Waals surface area contributed by atoms with Crippen LogP contribution >= 0.6 is 27.5 Å². The highest BCUT2D eigenvalue weighted by Gasteiger charge is 2.08. The number of rotatable bonds is 2. The molecule has 0 aliphatic carbocycles. The number of nitrogens with one attached hydrogen (secondary N) is 1. The first-order valence-electron chi connectivity index (χ1n) is 4.94. The number of halogens is 3. The van der Waals surface area contributed by atoms with E-state index in [-0.39, 0.29) is 5.69 Å². The lowest BCUT2D eigenvalue weighted by Gasteiger charge is -2.05. The van der Waals surface area contributed by atoms with E-state index < -0.39 is 11.7 Å². The Hall–Kier alpha value is -1.46. The van der Waals surface area contributed by atoms with Crippen LogP contribution in [0.2, 0.25) is 5.02 Å². The largest absolute Gasteiger partial charge is 0.321 e. The highest BCUT2D eigenvalue weighted by atomic mass is 79.9. The molecular weight excluding hydrogens is 322 g/mol. The number of carbonyl (C=O) groups excluding carboxylic acids is 1. The summed E-state index contributed by atoms with van der Waals surface area (Å²) in [6, 6.07) is 7.50. The Bertz CT molecular complexity index is 589. The van der Waals surface area contributed by atoms with Crippen LogP contribution in [0.4, 0.5) is 10.1 Å². The van der Waals surface area contributed by atoms with Gasteiger partial charge in [0.05, 0.1) is 11.2 Å². The summed E-state index contributed by atoms with van der Waals surface area (Å²) < 4.78 is 13.4. The highest BCUT2D eigenvalue weighted by molar-refractivity contribution is 9.10. The van der Waals surface area contributed by atoms with Crippen LogP contribution in [-0.2, 0) is 0 Å². The number of nitrogens with zero attached hydrogens (tertiary/aromatic N) is 1. The van der Waals surface area contributed by atoms with Gasteiger partial charge in [-0.05, 0) is 46.3 Å². The summed E-state index contributed by atoms with van der Waals surface area (Å²) in [5.41, 5.74) is 0.676. The van der Waals surface area contributed by atoms with E-state index in [9.17, 15) is 9.18 Å². The lowest BCUT2D eigenvalue weighted by molar-refractivity contribution is 0.102. The van der Waals surface area contributed by atoms with Crippen LogP contribution in [0.3, 0.4) is 0 Å². The van der Waals surface area contributed by atoms with Crippen LogP contribution < -0.4 is 5.32 Å². The predicted molar refractivity (Wildman–Crippen MR) is 71.3 cm³/mol. The molecule has 0 aliphatic rings. The fraction of sp³-hybridized carbons (Fsp3) is 0. The fourth-order valence-electron chi connectivity index (χ4n) is 1.28. The van der Waals surface area contributed by atoms with Crippen molar-refractivity contribution < 1.29 is 9.18 Å². The molecule has 0 radical (unpaired) electrons. The molecule has 1 heterocycles. The van der Waals surface area contributed by atoms with Crippen molar-refractivity contribution in [3.8, 4) is 0 Å². The maximum atomic E-state index is 12.7. The van der Waals surface area contributed by atoms with Gasteiger partial charge in [-0.3, -0.25) is 4.79 Å². The van der Waals surface area contributed by atoms with Crippen molar-refractivity contribution in [1.82, 2.24) is 4.98 Å². The van der Waals surface area contributed by atoms with Gasteiger partial charge >= 0.3 is 0 Å². The van der Waals surface area contributed by atoms with Gasteiger partial charge in [-0.1, -0.05) is 11.6 Å². The van der Waals surface area contributed by atoms with E-state index in [0.29, 0.717) is 10.7 Å². The topological polar surface area (TPSA) is 42.0 Å². The molecule has 2 aromatic rings. The third kappa shape index (κ3) is 3.05. The van der Waals surface area contributed by atoms with Crippen molar-refractivity contribution in [2.24, 2.45) is 0 Å². The van der Waals surface area contributed by atoms with Crippen LogP contribution in [0, 0.1) is 5.82 Å². The molecule has 1 N–H and O–H groups in total. The first-order valence-corrected chi connectivity index (χ1v) is 6.11. The Kier molecular flexibility index (Phi) is 3.93. The number of carbonyl (C=O) groups is 1. The number of anilines is 1. The molecular formula is C12H7BrClFN2O. The van der Waals surface area contributed by atoms with Crippen LogP contribution in [0.25, 0.3) is 0 Å². The molecule has 0 atom stereocenters. The predicted octanol–water partition coefficient (Wildman–Crippen LogP) is 3.89. The Morgan fingerprint density at radius 2 is 2.11 bits per heavy atom. The van der Waals surface area contributed by atoms with Gasteiger partial charge in [-0.2, -0.15) is 0 Å². The summed E-state index contributed by atoms with van der Waals surface area (Å²) in [7, 11) is 0. The Labute approximate surface area is 116 Å². The van der Waals surface area contributed by atoms with E-state index in [1.54, 1.807) is 18.2 Å². The maximum Gasteiger partial charge on any atom is 0.274 e. The molecule has 6 heteroatoms. The minimum atomic E-state index is -0.488. The maximum absolute atomic E-state index is 12.7. The lowest BCUT2D eigenvalue weighted by Crippen LogP contribution is -2.13. The van der Waals surface area contributed by atoms with Crippen molar-refractivity contribution in [2.75, 3.05) is 5.32 Å². The van der Waals surface area contributed by atoms with Gasteiger partial charge in [0.2, 0.25) is 0 Å². The molecule has 92 valence electrons. The van der Waals surface area contributed by atoms with Crippen LogP contribution in [0.1, 0.15) is 10.5 Å². The molecule has 2 rings (SSSR count). The second-order valence-electron chi connectivity index (χ2n) is 3.44. The van der Waals surface area contributed by atoms with Gasteiger partial charge in [-0.25, -0.2) is 9.37 Å². The Morgan fingerprint density at radius 1 is 1.33 bits per heavy atom. The minimum absolute atomic E-state index is 0.135. The first kappa shape index (κ1) is 13.0. The van der Waals surface area contributed by atoms with Crippen molar-refractivity contribution in [1.29, 1.82) is 0 Å². The summed E-state index contributed by atoms with van der Waals surface area (Å²) >= 11 is 9.15. The molecule has 0 aliphatic heterocycles. The summed E-state index contributed by atoms with van der Waals surface area (Å²) in [5, 5.41) is 3.10. The molecule has 0 unspecified atom stereocenters. The molecule has 1 amide bonds. The van der Waals surface area contributed by atoms with Crippen LogP contribution in [-0.4, -0.2) is 10.9 Å². The molecule has 18 heavy (non-hydrogen) atoms. The highest BCUT2D eigenvalue weighted by Crippen LogP contribution is 2.25. The molecule has 1 aromatic heterocycles. The van der Waals surface area contributed by atoms with E-state index in [1.165, 1.54) is 12.1 Å². The van der Waals surface area contributed by atoms with Gasteiger partial charge < -0.3 is 5.32 Å². The fourth-order valence-corrected chi connectivity index (χ4v) is 1.71. The Balaban J connectivity index is 2.16. The van der Waals surface area contributed by atoms with Gasteiger partial charge in [0, 0.05) is 10.2 Å². The van der Waals surface area contributed by atoms with Crippen LogP contribution in [0.15, 0.2) is 41.0 Å². The third-order valence-corrected chi connectivity index (χ3v) is 3.37. The van der Waals surface area contributed by atoms with Gasteiger partial charge in [0.25, 0.3) is 5.91 Å². The average molecular weight is 330 g/mol. The summed E-state index contributed by atoms with van der Waals surface area (Å²) in [4.78, 5) is 15.5. The summed E-state index contributed by atoms with van der Waals surface area (Å²) in [6.45, 7) is 0. The minimum Gasteiger partial charge on any atom is -0.321 e.